The van der Waals surface area contributed by atoms with E-state index >= 15 is 0 Å². The molecule has 31 heavy (non-hydrogen) atoms. The van der Waals surface area contributed by atoms with Crippen LogP contribution in [0.4, 0.5) is 0 Å². The summed E-state index contributed by atoms with van der Waals surface area (Å²) < 4.78 is 28.8. The highest BCUT2D eigenvalue weighted by atomic mass is 16.6. The van der Waals surface area contributed by atoms with E-state index in [1.807, 2.05) is 0 Å². The number of carbonyl (C=O) groups is 4. The fraction of sp³-hybridized carbons (Fsp3) is 0.765. The monoisotopic (exact) mass is 453 g/mol. The highest BCUT2D eigenvalue weighted by molar-refractivity contribution is 5.83. The number of methoxy groups -OCH3 is 1. The van der Waals surface area contributed by atoms with Gasteiger partial charge in [-0.2, -0.15) is 0 Å². The van der Waals surface area contributed by atoms with E-state index in [4.69, 9.17) is 37.4 Å². The third-order valence-corrected chi connectivity index (χ3v) is 6.14. The van der Waals surface area contributed by atoms with Gasteiger partial charge in [-0.15, -0.1) is 0 Å². The van der Waals surface area contributed by atoms with Crippen molar-refractivity contribution in [2.45, 2.75) is 48.8 Å². The average molecular weight is 453 g/mol. The van der Waals surface area contributed by atoms with Gasteiger partial charge in [-0.25, -0.2) is 0 Å². The van der Waals surface area contributed by atoms with Gasteiger partial charge in [-0.3, -0.25) is 19.2 Å². The maximum atomic E-state index is 11.1. The molecule has 4 rings (SSSR count). The van der Waals surface area contributed by atoms with E-state index in [1.165, 1.54) is 0 Å². The van der Waals surface area contributed by atoms with Crippen molar-refractivity contribution in [3.63, 3.8) is 0 Å². The lowest BCUT2D eigenvalue weighted by molar-refractivity contribution is -0.159. The second-order valence-corrected chi connectivity index (χ2v) is 7.66. The van der Waals surface area contributed by atoms with Gasteiger partial charge in [0, 0.05) is 7.06 Å². The van der Waals surface area contributed by atoms with Crippen LogP contribution in [0.15, 0.2) is 0 Å². The first-order valence-corrected chi connectivity index (χ1v) is 9.05. The van der Waals surface area contributed by atoms with Crippen LogP contribution in [-0.2, 0) is 33.4 Å². The Morgan fingerprint density at radius 3 is 1.39 bits per heavy atom. The number of rotatable bonds is 5. The second-order valence-electron chi connectivity index (χ2n) is 7.66. The standard InChI is InChI=1S/C9H12O7.C8H10O7/c1-15-7-4(10)5-2(8(11)12)3(9(13)14)6(7)16-5;9-3-4(10)6-2(8(13)14)1(7(11)12)5(3)15-6/h2-7,10H,1H3,(H,11,12)(H,13,14);1-6,9-10H,(H,11,12)(H,13,14)/t2?,3?,4?,5?,6-,7-;1?,2?,3-,4?,5-,6?/m00/s1/i1TD;/t1?,2?,3?,4?,5?,6-,7-;. The number of fused-ring (bicyclic) bond motifs is 4. The second kappa shape index (κ2) is 8.29. The van der Waals surface area contributed by atoms with E-state index in [-0.39, 0.29) is 0 Å². The highest BCUT2D eigenvalue weighted by Gasteiger charge is 2.65. The Balaban J connectivity index is 0.000000189. The van der Waals surface area contributed by atoms with Crippen molar-refractivity contribution in [3.8, 4) is 0 Å². The molecule has 4 saturated heterocycles. The van der Waals surface area contributed by atoms with Crippen LogP contribution >= 0.6 is 0 Å². The molecule has 0 aromatic heterocycles. The maximum absolute atomic E-state index is 11.1. The van der Waals surface area contributed by atoms with Gasteiger partial charge in [0.1, 0.15) is 72.5 Å². The highest BCUT2D eigenvalue weighted by Crippen LogP contribution is 2.45. The van der Waals surface area contributed by atoms with Gasteiger partial charge >= 0.3 is 23.9 Å². The number of aliphatic hydroxyl groups excluding tert-OH is 3. The zero-order valence-corrected chi connectivity index (χ0v) is 15.5. The molecule has 0 aromatic rings. The molecular formula is C17H22O14. The Kier molecular flexibility index (Phi) is 5.49. The van der Waals surface area contributed by atoms with Crippen LogP contribution in [0.5, 0.6) is 0 Å². The van der Waals surface area contributed by atoms with Crippen molar-refractivity contribution >= 4 is 23.9 Å². The average Bonchev–Trinajstić information content (AvgIpc) is 3.42. The zero-order valence-electron chi connectivity index (χ0n) is 17.5. The van der Waals surface area contributed by atoms with Crippen molar-refractivity contribution in [2.24, 2.45) is 23.7 Å². The topological polar surface area (TPSA) is 238 Å². The molecule has 4 bridgehead atoms. The van der Waals surface area contributed by atoms with Gasteiger partial charge in [-0.05, 0) is 0 Å². The van der Waals surface area contributed by atoms with Gasteiger partial charge < -0.3 is 50.0 Å². The molecule has 0 radical (unpaired) electrons. The van der Waals surface area contributed by atoms with Gasteiger partial charge in [0.2, 0.25) is 0 Å². The predicted molar refractivity (Wildman–Crippen MR) is 90.6 cm³/mol. The number of carboxylic acid groups (broad SMARTS) is 4. The van der Waals surface area contributed by atoms with E-state index in [0.29, 0.717) is 0 Å². The largest absolute Gasteiger partial charge is 0.481 e. The van der Waals surface area contributed by atoms with Crippen LogP contribution < -0.4 is 0 Å². The molecule has 0 aromatic carbocycles. The number of ether oxygens (including phenoxy) is 3. The maximum Gasteiger partial charge on any atom is 0.310 e. The van der Waals surface area contributed by atoms with E-state index in [1.54, 1.807) is 0 Å². The third-order valence-electron chi connectivity index (χ3n) is 6.14. The fourth-order valence-electron chi connectivity index (χ4n) is 4.78. The summed E-state index contributed by atoms with van der Waals surface area (Å²) in [6, 6.07) is 0. The Labute approximate surface area is 176 Å². The summed E-state index contributed by atoms with van der Waals surface area (Å²) in [4.78, 5) is 43.7. The number of aliphatic carboxylic acids is 4. The van der Waals surface area contributed by atoms with Crippen LogP contribution in [-0.4, -0.2) is 116 Å². The Morgan fingerprint density at radius 1 is 0.710 bits per heavy atom. The van der Waals surface area contributed by atoms with Crippen LogP contribution in [0.25, 0.3) is 0 Å². The third kappa shape index (κ3) is 3.54. The minimum Gasteiger partial charge on any atom is -0.481 e. The summed E-state index contributed by atoms with van der Waals surface area (Å²) in [5, 5.41) is 64.2. The molecule has 14 nitrogen and oxygen atoms in total. The minimum atomic E-state index is -1.70. The van der Waals surface area contributed by atoms with Gasteiger partial charge in [0.05, 0.1) is 2.74 Å². The van der Waals surface area contributed by atoms with Crippen molar-refractivity contribution in [3.05, 3.63) is 0 Å². The number of aliphatic hydroxyl groups is 3. The molecule has 13 atom stereocenters. The van der Waals surface area contributed by atoms with Gasteiger partial charge in [-0.1, -0.05) is 0 Å². The molecular weight excluding hydrogens is 428 g/mol. The van der Waals surface area contributed by atoms with E-state index in [0.717, 1.165) is 0 Å². The molecule has 4 fully saturated rings. The van der Waals surface area contributed by atoms with Crippen molar-refractivity contribution in [2.75, 3.05) is 7.06 Å². The van der Waals surface area contributed by atoms with Crippen LogP contribution in [0, 0.1) is 23.7 Å². The lowest BCUT2D eigenvalue weighted by Gasteiger charge is -2.30. The van der Waals surface area contributed by atoms with Crippen LogP contribution in [0.1, 0.15) is 2.74 Å². The van der Waals surface area contributed by atoms with Gasteiger partial charge in [0.15, 0.2) is 0 Å². The first kappa shape index (κ1) is 20.5. The predicted octanol–water partition coefficient (Wildman–Crippen LogP) is -3.56. The summed E-state index contributed by atoms with van der Waals surface area (Å²) in [7, 11) is -1.70. The molecule has 0 saturated carbocycles. The molecule has 9 unspecified atom stereocenters. The molecule has 7 N–H and O–H groups in total. The van der Waals surface area contributed by atoms with Gasteiger partial charge in [0.25, 0.3) is 0 Å². The van der Waals surface area contributed by atoms with Crippen LogP contribution in [0.3, 0.4) is 0 Å². The number of carboxylic acids is 4. The molecule has 4 aliphatic heterocycles. The molecule has 4 aliphatic rings. The fourth-order valence-corrected chi connectivity index (χ4v) is 4.78. The smallest absolute Gasteiger partial charge is 0.310 e. The molecule has 174 valence electrons. The van der Waals surface area contributed by atoms with Crippen molar-refractivity contribution in [1.82, 2.24) is 0 Å². The van der Waals surface area contributed by atoms with Crippen LogP contribution in [0.2, 0.25) is 0 Å². The van der Waals surface area contributed by atoms with E-state index in [9.17, 15) is 34.5 Å². The molecule has 4 heterocycles. The SMILES string of the molecule is O=C(O)C1C2O[C@@H](C1C(=O)O)[C@@H](O)C2O.[2H]C([3H])O[C@H]1C(O)C2O[C@H]1C(C(=O)O)C2C(=O)O. The normalized spacial score (nSPS) is 48.9. The lowest BCUT2D eigenvalue weighted by Crippen LogP contribution is -2.52. The zero-order chi connectivity index (χ0) is 24.9. The molecule has 0 aliphatic carbocycles. The summed E-state index contributed by atoms with van der Waals surface area (Å²) >= 11 is 0. The molecule has 0 spiro atoms. The first-order chi connectivity index (χ1) is 15.3. The molecule has 0 amide bonds. The number of hydrogen-bond acceptors (Lipinski definition) is 10. The Morgan fingerprint density at radius 2 is 1.03 bits per heavy atom. The summed E-state index contributed by atoms with van der Waals surface area (Å²) in [6.07, 6.45) is -9.76. The Hall–Kier alpha value is -2.36. The summed E-state index contributed by atoms with van der Waals surface area (Å²) in [5.74, 6) is -10.7. The quantitative estimate of drug-likeness (QED) is 0.213. The summed E-state index contributed by atoms with van der Waals surface area (Å²) in [6.45, 7) is 0. The van der Waals surface area contributed by atoms with Crippen molar-refractivity contribution in [1.29, 1.82) is 0 Å². The lowest BCUT2D eigenvalue weighted by atomic mass is 9.76. The molecule has 14 heteroatoms. The number of hydrogen-bond donors (Lipinski definition) is 7. The van der Waals surface area contributed by atoms with E-state index < -0.39 is 103 Å². The van der Waals surface area contributed by atoms with Crippen molar-refractivity contribution < 1.29 is 71.9 Å². The van der Waals surface area contributed by atoms with E-state index in [2.05, 4.69) is 0 Å². The Bertz CT molecular complexity index is 792. The first-order valence-electron chi connectivity index (χ1n) is 10.2. The summed E-state index contributed by atoms with van der Waals surface area (Å²) in [5.41, 5.74) is 0. The minimum absolute atomic E-state index is 1.14.